The molecule has 3 rings (SSSR count). The number of hydrogen-bond acceptors (Lipinski definition) is 4. The van der Waals surface area contributed by atoms with Gasteiger partial charge in [-0.05, 0) is 54.8 Å². The summed E-state index contributed by atoms with van der Waals surface area (Å²) < 4.78 is 24.1. The van der Waals surface area contributed by atoms with E-state index >= 15 is 0 Å². The summed E-state index contributed by atoms with van der Waals surface area (Å²) in [6.45, 7) is 2.15. The molecule has 0 bridgehead atoms. The van der Waals surface area contributed by atoms with Gasteiger partial charge >= 0.3 is 5.97 Å². The van der Waals surface area contributed by atoms with Crippen LogP contribution in [0.3, 0.4) is 0 Å². The van der Waals surface area contributed by atoms with Gasteiger partial charge in [0.25, 0.3) is 0 Å². The number of benzene rings is 2. The van der Waals surface area contributed by atoms with E-state index in [1.165, 1.54) is 25.3 Å². The molecule has 2 N–H and O–H groups in total. The minimum Gasteiger partial charge on any atom is -0.496 e. The summed E-state index contributed by atoms with van der Waals surface area (Å²) in [5, 5.41) is 12.6. The zero-order valence-corrected chi connectivity index (χ0v) is 15.8. The average molecular weight is 396 g/mol. The van der Waals surface area contributed by atoms with E-state index in [9.17, 15) is 14.3 Å². The van der Waals surface area contributed by atoms with Crippen LogP contribution in [0, 0.1) is 11.7 Å². The van der Waals surface area contributed by atoms with Gasteiger partial charge in [0.2, 0.25) is 0 Å². The first-order valence-electron chi connectivity index (χ1n) is 8.59. The van der Waals surface area contributed by atoms with E-state index in [1.54, 1.807) is 12.1 Å². The van der Waals surface area contributed by atoms with Gasteiger partial charge in [0.1, 0.15) is 22.9 Å². The minimum absolute atomic E-state index is 0. The Balaban J connectivity index is 0.00000261. The summed E-state index contributed by atoms with van der Waals surface area (Å²) in [6.07, 6.45) is 0.947. The molecule has 7 heteroatoms. The smallest absolute Gasteiger partial charge is 0.339 e. The predicted molar refractivity (Wildman–Crippen MR) is 103 cm³/mol. The van der Waals surface area contributed by atoms with Gasteiger partial charge in [-0.3, -0.25) is 0 Å². The normalized spacial score (nSPS) is 19.0. The molecular weight excluding hydrogens is 373 g/mol. The minimum atomic E-state index is -1.06. The first-order chi connectivity index (χ1) is 12.6. The predicted octanol–water partition coefficient (Wildman–Crippen LogP) is 3.73. The number of halogens is 2. The van der Waals surface area contributed by atoms with Crippen LogP contribution in [0.15, 0.2) is 42.5 Å². The van der Waals surface area contributed by atoms with Crippen molar-refractivity contribution in [2.75, 3.05) is 26.8 Å². The molecule has 27 heavy (non-hydrogen) atoms. The topological polar surface area (TPSA) is 67.8 Å². The fourth-order valence-corrected chi connectivity index (χ4v) is 3.39. The van der Waals surface area contributed by atoms with Gasteiger partial charge in [0, 0.05) is 12.5 Å². The molecule has 1 fully saturated rings. The second kappa shape index (κ2) is 9.58. The Morgan fingerprint density at radius 2 is 2.00 bits per heavy atom. The lowest BCUT2D eigenvalue weighted by Gasteiger charge is -2.32. The van der Waals surface area contributed by atoms with Crippen molar-refractivity contribution in [1.29, 1.82) is 0 Å². The fraction of sp³-hybridized carbons (Fsp3) is 0.350. The van der Waals surface area contributed by atoms with Crippen molar-refractivity contribution in [1.82, 2.24) is 5.32 Å². The second-order valence-corrected chi connectivity index (χ2v) is 6.39. The number of methoxy groups -OCH3 is 1. The molecule has 1 aliphatic heterocycles. The molecule has 1 heterocycles. The van der Waals surface area contributed by atoms with E-state index < -0.39 is 5.97 Å². The third-order valence-corrected chi connectivity index (χ3v) is 4.77. The number of rotatable bonds is 6. The van der Waals surface area contributed by atoms with Crippen LogP contribution in [0.5, 0.6) is 11.5 Å². The number of aromatic carboxylic acids is 1. The van der Waals surface area contributed by atoms with Crippen LogP contribution in [-0.2, 0) is 0 Å². The summed E-state index contributed by atoms with van der Waals surface area (Å²) in [5.74, 6) is -0.0237. The van der Waals surface area contributed by atoms with Gasteiger partial charge in [-0.1, -0.05) is 12.1 Å². The van der Waals surface area contributed by atoms with Crippen molar-refractivity contribution in [2.24, 2.45) is 5.92 Å². The molecule has 146 valence electrons. The Morgan fingerprint density at radius 3 is 2.67 bits per heavy atom. The SMILES string of the molecule is COc1ccc(OC[C@@H]2CNCC[C@H]2c2ccc(F)cc2)cc1C(=O)O.Cl. The molecule has 0 radical (unpaired) electrons. The molecule has 2 aromatic carbocycles. The summed E-state index contributed by atoms with van der Waals surface area (Å²) >= 11 is 0. The van der Waals surface area contributed by atoms with Crippen molar-refractivity contribution in [3.8, 4) is 11.5 Å². The Kier molecular flexibility index (Phi) is 7.45. The summed E-state index contributed by atoms with van der Waals surface area (Å²) in [4.78, 5) is 11.3. The number of carboxylic acids is 1. The molecule has 0 saturated carbocycles. The first-order valence-corrected chi connectivity index (χ1v) is 8.59. The van der Waals surface area contributed by atoms with Crippen molar-refractivity contribution >= 4 is 18.4 Å². The highest BCUT2D eigenvalue weighted by Crippen LogP contribution is 2.32. The molecule has 2 atom stereocenters. The van der Waals surface area contributed by atoms with Crippen molar-refractivity contribution in [3.05, 3.63) is 59.4 Å². The molecule has 0 amide bonds. The van der Waals surface area contributed by atoms with Crippen molar-refractivity contribution in [3.63, 3.8) is 0 Å². The highest BCUT2D eigenvalue weighted by atomic mass is 35.5. The highest BCUT2D eigenvalue weighted by molar-refractivity contribution is 5.91. The number of carbonyl (C=O) groups is 1. The number of hydrogen-bond donors (Lipinski definition) is 2. The van der Waals surface area contributed by atoms with E-state index in [4.69, 9.17) is 9.47 Å². The lowest BCUT2D eigenvalue weighted by atomic mass is 9.81. The lowest BCUT2D eigenvalue weighted by Crippen LogP contribution is -2.38. The van der Waals surface area contributed by atoms with Gasteiger partial charge in [-0.25, -0.2) is 9.18 Å². The van der Waals surface area contributed by atoms with Crippen LogP contribution in [0.1, 0.15) is 28.3 Å². The maximum atomic E-state index is 13.2. The number of ether oxygens (including phenoxy) is 2. The zero-order chi connectivity index (χ0) is 18.5. The molecule has 0 aromatic heterocycles. The summed E-state index contributed by atoms with van der Waals surface area (Å²) in [6, 6.07) is 11.4. The van der Waals surface area contributed by atoms with Gasteiger partial charge in [0.05, 0.1) is 13.7 Å². The van der Waals surface area contributed by atoms with E-state index in [0.29, 0.717) is 18.1 Å². The van der Waals surface area contributed by atoms with Gasteiger partial charge < -0.3 is 19.9 Å². The van der Waals surface area contributed by atoms with Crippen molar-refractivity contribution < 1.29 is 23.8 Å². The number of carboxylic acid groups (broad SMARTS) is 1. The van der Waals surface area contributed by atoms with Crippen LogP contribution in [0.4, 0.5) is 4.39 Å². The largest absolute Gasteiger partial charge is 0.496 e. The monoisotopic (exact) mass is 395 g/mol. The second-order valence-electron chi connectivity index (χ2n) is 6.39. The zero-order valence-electron chi connectivity index (χ0n) is 15.0. The maximum Gasteiger partial charge on any atom is 0.339 e. The van der Waals surface area contributed by atoms with Crippen LogP contribution in [0.2, 0.25) is 0 Å². The highest BCUT2D eigenvalue weighted by Gasteiger charge is 2.27. The molecule has 1 saturated heterocycles. The van der Waals surface area contributed by atoms with Crippen LogP contribution >= 0.6 is 12.4 Å². The van der Waals surface area contributed by atoms with Gasteiger partial charge in [-0.15, -0.1) is 12.4 Å². The van der Waals surface area contributed by atoms with E-state index in [-0.39, 0.29) is 35.6 Å². The molecule has 5 nitrogen and oxygen atoms in total. The molecule has 0 spiro atoms. The Labute approximate surface area is 163 Å². The first kappa shape index (κ1) is 21.0. The van der Waals surface area contributed by atoms with Crippen LogP contribution < -0.4 is 14.8 Å². The maximum absolute atomic E-state index is 13.2. The van der Waals surface area contributed by atoms with E-state index in [0.717, 1.165) is 25.1 Å². The standard InChI is InChI=1S/C20H22FNO4.ClH/c1-25-19-7-6-16(10-18(19)20(23)24)26-12-14-11-22-9-8-17(14)13-2-4-15(21)5-3-13;/h2-7,10,14,17,22H,8-9,11-12H2,1H3,(H,23,24);1H/t14-,17-;/m0./s1. The Hall–Kier alpha value is -2.31. The Bertz CT molecular complexity index is 769. The Morgan fingerprint density at radius 1 is 1.26 bits per heavy atom. The van der Waals surface area contributed by atoms with Crippen LogP contribution in [-0.4, -0.2) is 37.9 Å². The molecule has 1 aliphatic rings. The third-order valence-electron chi connectivity index (χ3n) is 4.77. The molecular formula is C20H23ClFNO4. The summed E-state index contributed by atoms with van der Waals surface area (Å²) in [7, 11) is 1.43. The number of nitrogens with one attached hydrogen (secondary N) is 1. The van der Waals surface area contributed by atoms with Crippen LogP contribution in [0.25, 0.3) is 0 Å². The molecule has 0 unspecified atom stereocenters. The number of piperidine rings is 1. The molecule has 0 aliphatic carbocycles. The quantitative estimate of drug-likeness (QED) is 0.780. The van der Waals surface area contributed by atoms with E-state index in [2.05, 4.69) is 5.32 Å². The van der Waals surface area contributed by atoms with E-state index in [1.807, 2.05) is 12.1 Å². The van der Waals surface area contributed by atoms with Gasteiger partial charge in [-0.2, -0.15) is 0 Å². The third kappa shape index (κ3) is 5.11. The fourth-order valence-electron chi connectivity index (χ4n) is 3.39. The van der Waals surface area contributed by atoms with Crippen molar-refractivity contribution in [2.45, 2.75) is 12.3 Å². The average Bonchev–Trinajstić information content (AvgIpc) is 2.67. The lowest BCUT2D eigenvalue weighted by molar-refractivity contribution is 0.0692. The summed E-state index contributed by atoms with van der Waals surface area (Å²) in [5.41, 5.74) is 1.17. The molecule has 2 aromatic rings. The van der Waals surface area contributed by atoms with Gasteiger partial charge in [0.15, 0.2) is 0 Å².